The van der Waals surface area contributed by atoms with Gasteiger partial charge in [-0.1, -0.05) is 260 Å². The molecule has 324 valence electrons. The summed E-state index contributed by atoms with van der Waals surface area (Å²) in [4.78, 5) is 8.94. The molecule has 0 fully saturated rings. The second-order valence-electron chi connectivity index (χ2n) is 17.6. The van der Waals surface area contributed by atoms with Crippen LogP contribution in [0.2, 0.25) is 0 Å². The van der Waals surface area contributed by atoms with Gasteiger partial charge in [-0.15, -0.1) is 0 Å². The molecule has 11 aromatic rings. The molecular weight excluding hydrogens is 871 g/mol. The van der Waals surface area contributed by atoms with Crippen LogP contribution in [0.15, 0.2) is 281 Å². The zero-order valence-corrected chi connectivity index (χ0v) is 39.2. The summed E-state index contributed by atoms with van der Waals surface area (Å²) in [6, 6.07) is 93.8. The summed E-state index contributed by atoms with van der Waals surface area (Å²) in [6.45, 7) is 0. The number of hydrogen-bond donors (Lipinski definition) is 0. The predicted molar refractivity (Wildman–Crippen MR) is 289 cm³/mol. The van der Waals surface area contributed by atoms with Crippen LogP contribution in [0.25, 0.3) is 77.9 Å². The summed E-state index contributed by atoms with van der Waals surface area (Å²) < 4.78 is 0. The lowest BCUT2D eigenvalue weighted by atomic mass is 9.64. The van der Waals surface area contributed by atoms with E-state index in [-0.39, 0.29) is 0 Å². The van der Waals surface area contributed by atoms with E-state index in [0.717, 1.165) is 10.6 Å². The second kappa shape index (κ2) is 17.3. The standard InChI is InChI=1S/C66H43NS2/c1-6-22-45(23-7-1)58-59(46-24-8-2-9-25-46)61(48-28-12-4-13-29-48)63(62(49-30-14-5-15-31-49)60(58)47-26-10-3-11-27-47)50-41-39-44(40-42-50)51-32-20-35-54-64(51)69-65-55(36-21-43-67-65)66(54)52-33-16-18-37-56(52)68-57-38-19-17-34-53(57)66/h1-43H. The largest absolute Gasteiger partial charge is 0.249 e. The van der Waals surface area contributed by atoms with Gasteiger partial charge in [0.15, 0.2) is 0 Å². The first-order valence-electron chi connectivity index (χ1n) is 23.5. The highest BCUT2D eigenvalue weighted by Crippen LogP contribution is 2.63. The van der Waals surface area contributed by atoms with Crippen molar-refractivity contribution in [2.45, 2.75) is 25.1 Å². The molecule has 2 aliphatic heterocycles. The average molecular weight is 914 g/mol. The molecule has 0 saturated carbocycles. The second-order valence-corrected chi connectivity index (χ2v) is 19.7. The Labute approximate surface area is 412 Å². The lowest BCUT2D eigenvalue weighted by Crippen LogP contribution is -2.37. The minimum Gasteiger partial charge on any atom is -0.249 e. The number of fused-ring (bicyclic) bond motifs is 8. The molecule has 0 amide bonds. The maximum atomic E-state index is 5.13. The highest BCUT2D eigenvalue weighted by Gasteiger charge is 2.49. The summed E-state index contributed by atoms with van der Waals surface area (Å²) in [7, 11) is 0. The Balaban J connectivity index is 1.10. The number of aromatic nitrogens is 1. The van der Waals surface area contributed by atoms with Crippen LogP contribution in [0, 0.1) is 0 Å². The fraction of sp³-hybridized carbons (Fsp3) is 0.0152. The molecule has 10 aromatic carbocycles. The molecule has 69 heavy (non-hydrogen) atoms. The van der Waals surface area contributed by atoms with Crippen LogP contribution in [0.1, 0.15) is 22.3 Å². The van der Waals surface area contributed by atoms with Gasteiger partial charge in [-0.25, -0.2) is 4.98 Å². The zero-order valence-electron chi connectivity index (χ0n) is 37.6. The van der Waals surface area contributed by atoms with E-state index < -0.39 is 5.41 Å². The van der Waals surface area contributed by atoms with Crippen LogP contribution < -0.4 is 0 Å². The van der Waals surface area contributed by atoms with Crippen LogP contribution in [0.4, 0.5) is 0 Å². The van der Waals surface area contributed by atoms with Gasteiger partial charge in [-0.2, -0.15) is 0 Å². The van der Waals surface area contributed by atoms with Crippen molar-refractivity contribution in [3.05, 3.63) is 283 Å². The number of pyridine rings is 1. The molecule has 0 aliphatic carbocycles. The summed E-state index contributed by atoms with van der Waals surface area (Å²) in [6.07, 6.45) is 1.95. The monoisotopic (exact) mass is 913 g/mol. The Morgan fingerprint density at radius 3 is 1.04 bits per heavy atom. The van der Waals surface area contributed by atoms with E-state index in [1.165, 1.54) is 109 Å². The molecule has 0 atom stereocenters. The van der Waals surface area contributed by atoms with Gasteiger partial charge in [0.05, 0.1) is 5.41 Å². The van der Waals surface area contributed by atoms with E-state index in [2.05, 4.69) is 255 Å². The third-order valence-corrected chi connectivity index (χ3v) is 16.2. The van der Waals surface area contributed by atoms with Crippen molar-refractivity contribution < 1.29 is 0 Å². The van der Waals surface area contributed by atoms with Crippen molar-refractivity contribution in [1.29, 1.82) is 0 Å². The molecule has 0 N–H and O–H groups in total. The molecule has 0 radical (unpaired) electrons. The number of benzene rings is 10. The molecule has 1 spiro atoms. The van der Waals surface area contributed by atoms with E-state index in [1.54, 1.807) is 11.8 Å². The van der Waals surface area contributed by atoms with Crippen molar-refractivity contribution in [2.75, 3.05) is 0 Å². The number of hydrogen-bond acceptors (Lipinski definition) is 3. The Hall–Kier alpha value is -7.95. The first kappa shape index (κ1) is 41.3. The highest BCUT2D eigenvalue weighted by atomic mass is 32.2. The van der Waals surface area contributed by atoms with Gasteiger partial charge in [0.2, 0.25) is 0 Å². The summed E-state index contributed by atoms with van der Waals surface area (Å²) >= 11 is 3.67. The van der Waals surface area contributed by atoms with Gasteiger partial charge in [0.25, 0.3) is 0 Å². The maximum absolute atomic E-state index is 5.13. The van der Waals surface area contributed by atoms with Crippen molar-refractivity contribution in [3.8, 4) is 77.9 Å². The van der Waals surface area contributed by atoms with E-state index >= 15 is 0 Å². The van der Waals surface area contributed by atoms with Gasteiger partial charge in [0, 0.05) is 26.4 Å². The molecule has 3 heteroatoms. The SMILES string of the molecule is c1ccc(-c2c(-c3ccccc3)c(-c3ccccc3)c(-c3ccc(-c4cccc5c4Sc4ncccc4C54c5ccccc5Sc5ccccc54)cc3)c(-c3ccccc3)c2-c2ccccc2)cc1. The van der Waals surface area contributed by atoms with Crippen molar-refractivity contribution in [3.63, 3.8) is 0 Å². The van der Waals surface area contributed by atoms with E-state index in [1.807, 2.05) is 18.0 Å². The van der Waals surface area contributed by atoms with Gasteiger partial charge in [-0.3, -0.25) is 0 Å². The minimum atomic E-state index is -0.532. The maximum Gasteiger partial charge on any atom is 0.106 e. The van der Waals surface area contributed by atoms with Gasteiger partial charge < -0.3 is 0 Å². The van der Waals surface area contributed by atoms with Crippen LogP contribution in [-0.2, 0) is 5.41 Å². The smallest absolute Gasteiger partial charge is 0.106 e. The van der Waals surface area contributed by atoms with Crippen molar-refractivity contribution in [1.82, 2.24) is 4.98 Å². The molecule has 1 aromatic heterocycles. The van der Waals surface area contributed by atoms with Gasteiger partial charge in [-0.05, 0) is 113 Å². The quantitative estimate of drug-likeness (QED) is 0.158. The molecule has 0 saturated heterocycles. The van der Waals surface area contributed by atoms with E-state index in [4.69, 9.17) is 4.98 Å². The predicted octanol–water partition coefficient (Wildman–Crippen LogP) is 18.1. The molecule has 0 unspecified atom stereocenters. The first-order chi connectivity index (χ1) is 34.3. The Morgan fingerprint density at radius 2 is 0.609 bits per heavy atom. The average Bonchev–Trinajstić information content (AvgIpc) is 3.43. The molecule has 1 nitrogen and oxygen atoms in total. The van der Waals surface area contributed by atoms with Crippen molar-refractivity contribution in [2.24, 2.45) is 0 Å². The molecule has 3 heterocycles. The number of rotatable bonds is 7. The summed E-state index contributed by atoms with van der Waals surface area (Å²) in [5.41, 5.74) is 21.2. The third kappa shape index (κ3) is 6.76. The minimum absolute atomic E-state index is 0.532. The summed E-state index contributed by atoms with van der Waals surface area (Å²) in [5.74, 6) is 0. The van der Waals surface area contributed by atoms with Gasteiger partial charge >= 0.3 is 0 Å². The fourth-order valence-corrected chi connectivity index (χ4v) is 13.5. The first-order valence-corrected chi connectivity index (χ1v) is 25.2. The molecule has 2 aliphatic rings. The highest BCUT2D eigenvalue weighted by molar-refractivity contribution is 8.00. The van der Waals surface area contributed by atoms with Gasteiger partial charge in [0.1, 0.15) is 5.03 Å². The van der Waals surface area contributed by atoms with Crippen LogP contribution in [-0.4, -0.2) is 4.98 Å². The Bertz CT molecular complexity index is 3520. The lowest BCUT2D eigenvalue weighted by molar-refractivity contribution is 0.657. The Kier molecular flexibility index (Phi) is 10.3. The third-order valence-electron chi connectivity index (χ3n) is 13.9. The van der Waals surface area contributed by atoms with Crippen LogP contribution >= 0.6 is 23.5 Å². The normalized spacial score (nSPS) is 12.9. The van der Waals surface area contributed by atoms with Crippen LogP contribution in [0.5, 0.6) is 0 Å². The zero-order chi connectivity index (χ0) is 45.7. The molecule has 0 bridgehead atoms. The van der Waals surface area contributed by atoms with E-state index in [9.17, 15) is 0 Å². The van der Waals surface area contributed by atoms with E-state index in [0.29, 0.717) is 0 Å². The topological polar surface area (TPSA) is 12.9 Å². The fourth-order valence-electron chi connectivity index (χ4n) is 11.1. The Morgan fingerprint density at radius 1 is 0.261 bits per heavy atom. The lowest BCUT2D eigenvalue weighted by Gasteiger charge is -2.45. The van der Waals surface area contributed by atoms with Crippen molar-refractivity contribution >= 4 is 23.5 Å². The molecular formula is C66H43NS2. The molecule has 13 rings (SSSR count). The number of nitrogens with zero attached hydrogens (tertiary/aromatic N) is 1. The summed E-state index contributed by atoms with van der Waals surface area (Å²) in [5, 5.41) is 1.05. The van der Waals surface area contributed by atoms with Crippen LogP contribution in [0.3, 0.4) is 0 Å².